The van der Waals surface area contributed by atoms with Crippen LogP contribution in [0.3, 0.4) is 0 Å². The van der Waals surface area contributed by atoms with E-state index in [2.05, 4.69) is 27.9 Å². The van der Waals surface area contributed by atoms with Gasteiger partial charge in [-0.05, 0) is 28.7 Å². The minimum atomic E-state index is -0.413. The van der Waals surface area contributed by atoms with Crippen molar-refractivity contribution >= 4 is 34.0 Å². The molecule has 0 radical (unpaired) electrons. The van der Waals surface area contributed by atoms with E-state index in [9.17, 15) is 10.1 Å². The number of aliphatic hydroxyl groups is 1. The molecule has 0 aliphatic heterocycles. The lowest BCUT2D eigenvalue weighted by Crippen LogP contribution is -2.27. The van der Waals surface area contributed by atoms with Gasteiger partial charge in [0.05, 0.1) is 4.92 Å². The van der Waals surface area contributed by atoms with Crippen LogP contribution in [0.25, 0.3) is 0 Å². The van der Waals surface area contributed by atoms with E-state index in [1.165, 1.54) is 12.1 Å². The molecule has 2 N–H and O–H groups in total. The fraction of sp³-hybridized carbons (Fsp3) is 0.455. The first-order chi connectivity index (χ1) is 7.85. The summed E-state index contributed by atoms with van der Waals surface area (Å²) in [4.78, 5) is 10.2. The monoisotopic (exact) mass is 350 g/mol. The highest BCUT2D eigenvalue weighted by atomic mass is 127. The van der Waals surface area contributed by atoms with Gasteiger partial charge in [0.2, 0.25) is 0 Å². The minimum Gasteiger partial charge on any atom is -0.396 e. The van der Waals surface area contributed by atoms with Gasteiger partial charge in [-0.3, -0.25) is 10.1 Å². The van der Waals surface area contributed by atoms with Gasteiger partial charge in [-0.2, -0.15) is 0 Å². The zero-order valence-electron chi connectivity index (χ0n) is 9.74. The molecule has 0 atom stereocenters. The van der Waals surface area contributed by atoms with Crippen molar-refractivity contribution in [2.45, 2.75) is 13.8 Å². The molecule has 0 unspecified atom stereocenters. The van der Waals surface area contributed by atoms with Gasteiger partial charge in [0.15, 0.2) is 0 Å². The Morgan fingerprint density at radius 2 is 2.18 bits per heavy atom. The van der Waals surface area contributed by atoms with E-state index >= 15 is 0 Å². The molecule has 0 saturated heterocycles. The summed E-state index contributed by atoms with van der Waals surface area (Å²) in [7, 11) is 0. The summed E-state index contributed by atoms with van der Waals surface area (Å²) in [6, 6.07) is 4.68. The molecule has 1 rings (SSSR count). The smallest absolute Gasteiger partial charge is 0.270 e. The Kier molecular flexibility index (Phi) is 4.70. The molecular formula is C11H15IN2O3. The van der Waals surface area contributed by atoms with Gasteiger partial charge < -0.3 is 10.4 Å². The molecule has 0 aromatic heterocycles. The van der Waals surface area contributed by atoms with Crippen molar-refractivity contribution in [3.8, 4) is 0 Å². The van der Waals surface area contributed by atoms with Crippen molar-refractivity contribution in [3.63, 3.8) is 0 Å². The molecule has 1 aromatic rings. The number of non-ortho nitro benzene ring substituents is 1. The number of hydrogen-bond donors (Lipinski definition) is 2. The van der Waals surface area contributed by atoms with Crippen molar-refractivity contribution in [3.05, 3.63) is 31.9 Å². The quantitative estimate of drug-likeness (QED) is 0.486. The lowest BCUT2D eigenvalue weighted by molar-refractivity contribution is -0.384. The van der Waals surface area contributed by atoms with Gasteiger partial charge in [-0.15, -0.1) is 0 Å². The highest BCUT2D eigenvalue weighted by Crippen LogP contribution is 2.25. The molecule has 0 fully saturated rings. The Morgan fingerprint density at radius 3 is 2.65 bits per heavy atom. The zero-order chi connectivity index (χ0) is 13.1. The number of nitro benzene ring substituents is 1. The Morgan fingerprint density at radius 1 is 1.53 bits per heavy atom. The maximum atomic E-state index is 10.6. The van der Waals surface area contributed by atoms with Crippen LogP contribution in [0.5, 0.6) is 0 Å². The highest BCUT2D eigenvalue weighted by Gasteiger charge is 2.17. The summed E-state index contributed by atoms with van der Waals surface area (Å²) < 4.78 is 0.797. The summed E-state index contributed by atoms with van der Waals surface area (Å²) in [5, 5.41) is 22.9. The number of nitrogens with one attached hydrogen (secondary N) is 1. The number of nitro groups is 1. The molecule has 0 bridgehead atoms. The Hall–Kier alpha value is -0.890. The molecule has 0 saturated carbocycles. The molecule has 1 aromatic carbocycles. The molecule has 6 heteroatoms. The van der Waals surface area contributed by atoms with Crippen LogP contribution in [-0.4, -0.2) is 23.2 Å². The van der Waals surface area contributed by atoms with E-state index in [0.29, 0.717) is 6.54 Å². The summed E-state index contributed by atoms with van der Waals surface area (Å²) in [6.07, 6.45) is 0. The summed E-state index contributed by atoms with van der Waals surface area (Å²) in [6.45, 7) is 4.58. The van der Waals surface area contributed by atoms with Gasteiger partial charge >= 0.3 is 0 Å². The van der Waals surface area contributed by atoms with Gasteiger partial charge in [-0.1, -0.05) is 13.8 Å². The van der Waals surface area contributed by atoms with Crippen LogP contribution in [-0.2, 0) is 0 Å². The number of halogens is 1. The minimum absolute atomic E-state index is 0.0846. The highest BCUT2D eigenvalue weighted by molar-refractivity contribution is 14.1. The lowest BCUT2D eigenvalue weighted by Gasteiger charge is -2.22. The van der Waals surface area contributed by atoms with E-state index in [1.807, 2.05) is 13.8 Å². The van der Waals surface area contributed by atoms with Crippen molar-refractivity contribution in [1.82, 2.24) is 0 Å². The summed E-state index contributed by atoms with van der Waals surface area (Å²) in [5.74, 6) is 0. The molecule has 0 spiro atoms. The first-order valence-corrected chi connectivity index (χ1v) is 6.22. The molecule has 17 heavy (non-hydrogen) atoms. The summed E-state index contributed by atoms with van der Waals surface area (Å²) in [5.41, 5.74) is 0.712. The van der Waals surface area contributed by atoms with Crippen molar-refractivity contribution in [1.29, 1.82) is 0 Å². The number of benzene rings is 1. The Balaban J connectivity index is 2.77. The van der Waals surface area contributed by atoms with E-state index < -0.39 is 4.92 Å². The fourth-order valence-corrected chi connectivity index (χ4v) is 1.84. The summed E-state index contributed by atoms with van der Waals surface area (Å²) >= 11 is 2.05. The van der Waals surface area contributed by atoms with Crippen molar-refractivity contribution in [2.75, 3.05) is 18.5 Å². The average Bonchev–Trinajstić information content (AvgIpc) is 2.27. The zero-order valence-corrected chi connectivity index (χ0v) is 11.9. The second kappa shape index (κ2) is 5.63. The second-order valence-electron chi connectivity index (χ2n) is 4.60. The number of anilines is 1. The number of hydrogen-bond acceptors (Lipinski definition) is 4. The van der Waals surface area contributed by atoms with Crippen LogP contribution in [0.4, 0.5) is 11.4 Å². The SMILES string of the molecule is CC(C)(CO)CNc1ccc([N+](=O)[O-])cc1I. The predicted molar refractivity (Wildman–Crippen MR) is 75.2 cm³/mol. The van der Waals surface area contributed by atoms with Crippen LogP contribution >= 0.6 is 22.6 Å². The van der Waals surface area contributed by atoms with E-state index in [-0.39, 0.29) is 17.7 Å². The Bertz CT molecular complexity index is 421. The second-order valence-corrected chi connectivity index (χ2v) is 5.76. The molecular weight excluding hydrogens is 335 g/mol. The third-order valence-corrected chi connectivity index (χ3v) is 3.24. The van der Waals surface area contributed by atoms with Gasteiger partial charge in [-0.25, -0.2) is 0 Å². The van der Waals surface area contributed by atoms with Gasteiger partial charge in [0.25, 0.3) is 5.69 Å². The van der Waals surface area contributed by atoms with E-state index in [4.69, 9.17) is 5.11 Å². The van der Waals surface area contributed by atoms with E-state index in [1.54, 1.807) is 6.07 Å². The fourth-order valence-electron chi connectivity index (χ4n) is 1.15. The van der Waals surface area contributed by atoms with Crippen molar-refractivity contribution in [2.24, 2.45) is 5.41 Å². The van der Waals surface area contributed by atoms with Crippen LogP contribution in [0.1, 0.15) is 13.8 Å². The number of aliphatic hydroxyl groups excluding tert-OH is 1. The van der Waals surface area contributed by atoms with Crippen LogP contribution < -0.4 is 5.32 Å². The molecule has 94 valence electrons. The third-order valence-electron chi connectivity index (χ3n) is 2.35. The maximum Gasteiger partial charge on any atom is 0.270 e. The standard InChI is InChI=1S/C11H15IN2O3/c1-11(2,7-15)6-13-10-4-3-8(14(16)17)5-9(10)12/h3-5,13,15H,6-7H2,1-2H3. The predicted octanol–water partition coefficient (Wildman–Crippen LogP) is 2.63. The molecule has 5 nitrogen and oxygen atoms in total. The normalized spacial score (nSPS) is 11.3. The third kappa shape index (κ3) is 4.12. The first-order valence-electron chi connectivity index (χ1n) is 5.14. The van der Waals surface area contributed by atoms with Crippen LogP contribution in [0.15, 0.2) is 18.2 Å². The topological polar surface area (TPSA) is 75.4 Å². The number of nitrogens with zero attached hydrogens (tertiary/aromatic N) is 1. The lowest BCUT2D eigenvalue weighted by atomic mass is 9.95. The average molecular weight is 350 g/mol. The molecule has 0 amide bonds. The van der Waals surface area contributed by atoms with E-state index in [0.717, 1.165) is 9.26 Å². The molecule has 0 aliphatic carbocycles. The van der Waals surface area contributed by atoms with Crippen molar-refractivity contribution < 1.29 is 10.0 Å². The maximum absolute atomic E-state index is 10.6. The molecule has 0 heterocycles. The van der Waals surface area contributed by atoms with Gasteiger partial charge in [0.1, 0.15) is 0 Å². The molecule has 0 aliphatic rings. The van der Waals surface area contributed by atoms with Crippen LogP contribution in [0, 0.1) is 19.1 Å². The van der Waals surface area contributed by atoms with Crippen LogP contribution in [0.2, 0.25) is 0 Å². The van der Waals surface area contributed by atoms with Gasteiger partial charge in [0, 0.05) is 40.0 Å². The Labute approximate surface area is 114 Å². The first kappa shape index (κ1) is 14.2. The number of rotatable bonds is 5. The largest absolute Gasteiger partial charge is 0.396 e.